The minimum Gasteiger partial charge on any atom is -0.543 e. The van der Waals surface area contributed by atoms with Gasteiger partial charge in [0.25, 0.3) is 0 Å². The molecule has 4 rings (SSSR count). The topological polar surface area (TPSA) is 29.5 Å². The minimum absolute atomic E-state index is 0.119. The Balaban J connectivity index is 1.60. The Morgan fingerprint density at radius 2 is 1.90 bits per heavy atom. The molecule has 0 spiro atoms. The van der Waals surface area contributed by atoms with E-state index in [-0.39, 0.29) is 10.5 Å². The van der Waals surface area contributed by atoms with Gasteiger partial charge in [-0.25, -0.2) is 0 Å². The van der Waals surface area contributed by atoms with Crippen LogP contribution in [0.15, 0.2) is 18.2 Å². The molecule has 0 bridgehead atoms. The van der Waals surface area contributed by atoms with E-state index in [1.165, 1.54) is 17.5 Å². The van der Waals surface area contributed by atoms with Crippen molar-refractivity contribution in [3.8, 4) is 18.1 Å². The molecule has 3 heteroatoms. The lowest BCUT2D eigenvalue weighted by molar-refractivity contribution is -0.0646. The zero-order chi connectivity index (χ0) is 21.2. The molecule has 3 aliphatic rings. The van der Waals surface area contributed by atoms with Crippen molar-refractivity contribution in [2.75, 3.05) is 0 Å². The first-order valence-corrected chi connectivity index (χ1v) is 14.3. The van der Waals surface area contributed by atoms with E-state index in [2.05, 4.69) is 64.9 Å². The molecule has 0 heterocycles. The summed E-state index contributed by atoms with van der Waals surface area (Å²) in [5.41, 5.74) is 1.98. The first-order chi connectivity index (χ1) is 13.4. The molecule has 2 saturated carbocycles. The van der Waals surface area contributed by atoms with Crippen molar-refractivity contribution in [3.63, 3.8) is 0 Å². The van der Waals surface area contributed by atoms with Gasteiger partial charge in [0.05, 0.1) is 0 Å². The van der Waals surface area contributed by atoms with E-state index in [0.29, 0.717) is 17.8 Å². The van der Waals surface area contributed by atoms with Gasteiger partial charge in [-0.2, -0.15) is 0 Å². The molecule has 0 saturated heterocycles. The standard InChI is InChI=1S/C26H38O2Si/c1-8-26(27)16-14-23-22-11-9-18-17-19(28-29(6,7)24(2,3)4)10-12-20(18)21(22)13-15-25(23,26)5/h1,10,12,17,21-23,27H,9,11,13-16H2,2-7H3/t21-,22-,23+,25+,26-/m1/s1. The maximum atomic E-state index is 11.1. The van der Waals surface area contributed by atoms with Crippen LogP contribution in [0.5, 0.6) is 5.75 Å². The highest BCUT2D eigenvalue weighted by molar-refractivity contribution is 6.74. The maximum absolute atomic E-state index is 11.1. The van der Waals surface area contributed by atoms with Gasteiger partial charge in [0, 0.05) is 5.41 Å². The number of hydrogen-bond acceptors (Lipinski definition) is 2. The van der Waals surface area contributed by atoms with Crippen molar-refractivity contribution < 1.29 is 9.53 Å². The zero-order valence-electron chi connectivity index (χ0n) is 19.1. The molecule has 158 valence electrons. The van der Waals surface area contributed by atoms with Crippen molar-refractivity contribution in [2.24, 2.45) is 17.3 Å². The van der Waals surface area contributed by atoms with E-state index >= 15 is 0 Å². The van der Waals surface area contributed by atoms with Gasteiger partial charge >= 0.3 is 0 Å². The molecule has 0 radical (unpaired) electrons. The molecule has 29 heavy (non-hydrogen) atoms. The molecular formula is C26H38O2Si. The summed E-state index contributed by atoms with van der Waals surface area (Å²) >= 11 is 0. The van der Waals surface area contributed by atoms with E-state index in [0.717, 1.165) is 37.9 Å². The Kier molecular flexibility index (Phi) is 4.80. The van der Waals surface area contributed by atoms with Crippen LogP contribution in [-0.4, -0.2) is 19.0 Å². The molecule has 1 aromatic rings. The van der Waals surface area contributed by atoms with Crippen molar-refractivity contribution in [2.45, 2.75) is 95.9 Å². The average molecular weight is 411 g/mol. The van der Waals surface area contributed by atoms with E-state index in [9.17, 15) is 5.11 Å². The van der Waals surface area contributed by atoms with Crippen molar-refractivity contribution in [3.05, 3.63) is 29.3 Å². The largest absolute Gasteiger partial charge is 0.543 e. The van der Waals surface area contributed by atoms with Gasteiger partial charge in [0.1, 0.15) is 11.4 Å². The fraction of sp³-hybridized carbons (Fsp3) is 0.692. The SMILES string of the molecule is C#C[C@@]1(O)CC[C@H]2[C@@H]3CCc4cc(O[Si](C)(C)C(C)(C)C)ccc4[C@H]3CC[C@@]21C. The van der Waals surface area contributed by atoms with Gasteiger partial charge in [-0.15, -0.1) is 6.42 Å². The number of hydrogen-bond donors (Lipinski definition) is 1. The Morgan fingerprint density at radius 1 is 1.17 bits per heavy atom. The van der Waals surface area contributed by atoms with E-state index in [1.54, 1.807) is 0 Å². The van der Waals surface area contributed by atoms with Crippen molar-refractivity contribution in [1.29, 1.82) is 0 Å². The number of aryl methyl sites for hydroxylation is 1. The molecule has 2 fully saturated rings. The lowest BCUT2D eigenvalue weighted by Gasteiger charge is -2.52. The molecule has 0 aliphatic heterocycles. The number of aliphatic hydroxyl groups is 1. The summed E-state index contributed by atoms with van der Waals surface area (Å²) in [6, 6.07) is 6.88. The Morgan fingerprint density at radius 3 is 2.55 bits per heavy atom. The van der Waals surface area contributed by atoms with Crippen LogP contribution < -0.4 is 4.43 Å². The quantitative estimate of drug-likeness (QED) is 0.458. The number of terminal acetylenes is 1. The fourth-order valence-electron chi connectivity index (χ4n) is 6.32. The Bertz CT molecular complexity index is 845. The zero-order valence-corrected chi connectivity index (χ0v) is 20.1. The predicted octanol–water partition coefficient (Wildman–Crippen LogP) is 6.29. The predicted molar refractivity (Wildman–Crippen MR) is 123 cm³/mol. The molecule has 1 N–H and O–H groups in total. The van der Waals surface area contributed by atoms with E-state index in [1.807, 2.05) is 0 Å². The molecule has 0 aromatic heterocycles. The van der Waals surface area contributed by atoms with Gasteiger partial charge in [-0.3, -0.25) is 0 Å². The van der Waals surface area contributed by atoms with Crippen LogP contribution in [0.3, 0.4) is 0 Å². The summed E-state index contributed by atoms with van der Waals surface area (Å²) in [6.07, 6.45) is 12.1. The number of benzene rings is 1. The van der Waals surface area contributed by atoms with Crippen molar-refractivity contribution >= 4 is 8.32 Å². The third-order valence-electron chi connectivity index (χ3n) is 9.27. The van der Waals surface area contributed by atoms with Crippen LogP contribution in [0.1, 0.15) is 76.8 Å². The summed E-state index contributed by atoms with van der Waals surface area (Å²) in [5.74, 6) is 5.63. The second-order valence-corrected chi connectivity index (χ2v) is 16.4. The highest BCUT2D eigenvalue weighted by Crippen LogP contribution is 2.64. The van der Waals surface area contributed by atoms with Crippen LogP contribution in [0.2, 0.25) is 18.1 Å². The highest BCUT2D eigenvalue weighted by atomic mass is 28.4. The first kappa shape index (κ1) is 21.0. The van der Waals surface area contributed by atoms with Gasteiger partial charge in [-0.05, 0) is 97.7 Å². The minimum atomic E-state index is -1.82. The smallest absolute Gasteiger partial charge is 0.250 e. The number of fused-ring (bicyclic) bond motifs is 5. The summed E-state index contributed by atoms with van der Waals surface area (Å²) in [6.45, 7) is 13.8. The normalized spacial score (nSPS) is 36.6. The maximum Gasteiger partial charge on any atom is 0.250 e. The van der Waals surface area contributed by atoms with Gasteiger partial charge < -0.3 is 9.53 Å². The highest BCUT2D eigenvalue weighted by Gasteiger charge is 2.61. The molecule has 2 nitrogen and oxygen atoms in total. The third kappa shape index (κ3) is 3.10. The fourth-order valence-corrected chi connectivity index (χ4v) is 7.35. The lowest BCUT2D eigenvalue weighted by Crippen LogP contribution is -2.50. The lowest BCUT2D eigenvalue weighted by atomic mass is 9.53. The molecule has 0 unspecified atom stereocenters. The molecule has 1 aromatic carbocycles. The summed E-state index contributed by atoms with van der Waals surface area (Å²) in [7, 11) is -1.82. The van der Waals surface area contributed by atoms with Gasteiger partial charge in [-0.1, -0.05) is 39.7 Å². The second-order valence-electron chi connectivity index (χ2n) is 11.6. The summed E-state index contributed by atoms with van der Waals surface area (Å²) in [4.78, 5) is 0. The summed E-state index contributed by atoms with van der Waals surface area (Å²) in [5, 5.41) is 11.3. The van der Waals surface area contributed by atoms with Crippen LogP contribution in [-0.2, 0) is 6.42 Å². The van der Waals surface area contributed by atoms with Crippen LogP contribution in [0, 0.1) is 29.6 Å². The molecule has 5 atom stereocenters. The van der Waals surface area contributed by atoms with Gasteiger partial charge in [0.15, 0.2) is 0 Å². The number of rotatable bonds is 2. The van der Waals surface area contributed by atoms with Crippen LogP contribution >= 0.6 is 0 Å². The molecule has 3 aliphatic carbocycles. The molecular weight excluding hydrogens is 372 g/mol. The third-order valence-corrected chi connectivity index (χ3v) is 13.6. The van der Waals surface area contributed by atoms with Crippen LogP contribution in [0.4, 0.5) is 0 Å². The Hall–Kier alpha value is -1.24. The van der Waals surface area contributed by atoms with Crippen molar-refractivity contribution in [1.82, 2.24) is 0 Å². The monoisotopic (exact) mass is 410 g/mol. The Labute approximate surface area is 178 Å². The van der Waals surface area contributed by atoms with Gasteiger partial charge in [0.2, 0.25) is 8.32 Å². The summed E-state index contributed by atoms with van der Waals surface area (Å²) < 4.78 is 6.58. The van der Waals surface area contributed by atoms with E-state index < -0.39 is 13.9 Å². The molecule has 0 amide bonds. The second kappa shape index (κ2) is 6.63. The first-order valence-electron chi connectivity index (χ1n) is 11.4. The van der Waals surface area contributed by atoms with E-state index in [4.69, 9.17) is 10.8 Å². The average Bonchev–Trinajstić information content (AvgIpc) is 2.92. The van der Waals surface area contributed by atoms with Crippen LogP contribution in [0.25, 0.3) is 0 Å².